The molecule has 10 heavy (non-hydrogen) atoms. The molecule has 56 valence electrons. The van der Waals surface area contributed by atoms with Gasteiger partial charge in [0.1, 0.15) is 8.48 Å². The highest BCUT2D eigenvalue weighted by Crippen LogP contribution is 2.17. The van der Waals surface area contributed by atoms with Crippen molar-refractivity contribution in [1.82, 2.24) is 4.98 Å². The van der Waals surface area contributed by atoms with Gasteiger partial charge < -0.3 is 4.98 Å². The number of rotatable bonds is 2. The molecule has 0 bridgehead atoms. The van der Waals surface area contributed by atoms with Gasteiger partial charge in [0.2, 0.25) is 0 Å². The van der Waals surface area contributed by atoms with E-state index in [-0.39, 0.29) is 8.48 Å². The highest BCUT2D eigenvalue weighted by Gasteiger charge is 2.13. The maximum Gasteiger partial charge on any atom is 0.108 e. The van der Waals surface area contributed by atoms with Crippen molar-refractivity contribution in [3.63, 3.8) is 0 Å². The van der Waals surface area contributed by atoms with Crippen molar-refractivity contribution in [2.24, 2.45) is 0 Å². The first-order valence-electron chi connectivity index (χ1n) is 4.11. The molecule has 0 heterocycles. The first-order valence-corrected chi connectivity index (χ1v) is 7.61. The summed E-state index contributed by atoms with van der Waals surface area (Å²) in [5.74, 6) is 0. The van der Waals surface area contributed by atoms with Crippen molar-refractivity contribution in [3.05, 3.63) is 0 Å². The molecule has 0 aromatic carbocycles. The summed E-state index contributed by atoms with van der Waals surface area (Å²) >= 11 is 0. The minimum absolute atomic E-state index is 0.378. The molecule has 1 nitrogen and oxygen atoms in total. The van der Waals surface area contributed by atoms with Crippen molar-refractivity contribution in [2.75, 3.05) is 0 Å². The molecular formula is C7H15NSi2. The third-order valence-electron chi connectivity index (χ3n) is 2.03. The van der Waals surface area contributed by atoms with Gasteiger partial charge in [0.25, 0.3) is 0 Å². The minimum atomic E-state index is -0.378. The number of nitrogens with one attached hydrogen (secondary N) is 1. The standard InChI is InChI=1S/C7H15NSi2/c1-10(9)8-7-5-3-2-4-6-7/h7-8H,2-6H2,1H3. The van der Waals surface area contributed by atoms with Gasteiger partial charge in [0.05, 0.1) is 0 Å². The van der Waals surface area contributed by atoms with Crippen molar-refractivity contribution < 1.29 is 0 Å². The fourth-order valence-corrected chi connectivity index (χ4v) is 3.07. The van der Waals surface area contributed by atoms with Crippen LogP contribution in [-0.4, -0.2) is 24.3 Å². The van der Waals surface area contributed by atoms with E-state index in [1.54, 1.807) is 0 Å². The van der Waals surface area contributed by atoms with Gasteiger partial charge in [-0.05, 0) is 12.8 Å². The second-order valence-electron chi connectivity index (χ2n) is 3.10. The molecular weight excluding hydrogens is 154 g/mol. The molecule has 0 aliphatic heterocycles. The molecule has 1 rings (SSSR count). The first kappa shape index (κ1) is 8.49. The summed E-state index contributed by atoms with van der Waals surface area (Å²) in [6, 6.07) is 0.824. The molecule has 0 unspecified atom stereocenters. The average Bonchev–Trinajstić information content (AvgIpc) is 1.88. The zero-order valence-electron chi connectivity index (χ0n) is 6.61. The minimum Gasteiger partial charge on any atom is -0.338 e. The fourth-order valence-electron chi connectivity index (χ4n) is 1.55. The highest BCUT2D eigenvalue weighted by molar-refractivity contribution is 7.01. The Balaban J connectivity index is 2.13. The molecule has 0 amide bonds. The quantitative estimate of drug-likeness (QED) is 0.613. The van der Waals surface area contributed by atoms with Crippen LogP contribution < -0.4 is 4.98 Å². The van der Waals surface area contributed by atoms with E-state index in [4.69, 9.17) is 0 Å². The van der Waals surface area contributed by atoms with Gasteiger partial charge in [-0.3, -0.25) is 0 Å². The van der Waals surface area contributed by atoms with E-state index >= 15 is 0 Å². The molecule has 1 saturated carbocycles. The van der Waals surface area contributed by atoms with Crippen LogP contribution in [0.25, 0.3) is 0 Å². The molecule has 4 radical (unpaired) electrons. The van der Waals surface area contributed by atoms with Crippen LogP contribution in [0.15, 0.2) is 0 Å². The van der Waals surface area contributed by atoms with Gasteiger partial charge in [-0.1, -0.05) is 25.8 Å². The van der Waals surface area contributed by atoms with Crippen molar-refractivity contribution in [3.8, 4) is 0 Å². The predicted octanol–water partition coefficient (Wildman–Crippen LogP) is 1.20. The van der Waals surface area contributed by atoms with Gasteiger partial charge in [0, 0.05) is 15.8 Å². The summed E-state index contributed by atoms with van der Waals surface area (Å²) in [4.78, 5) is 3.60. The van der Waals surface area contributed by atoms with Crippen molar-refractivity contribution in [1.29, 1.82) is 0 Å². The predicted molar refractivity (Wildman–Crippen MR) is 47.4 cm³/mol. The van der Waals surface area contributed by atoms with Gasteiger partial charge in [0.15, 0.2) is 0 Å². The first-order chi connectivity index (χ1) is 4.79. The lowest BCUT2D eigenvalue weighted by Gasteiger charge is -2.24. The average molecular weight is 169 g/mol. The molecule has 0 spiro atoms. The summed E-state index contributed by atoms with van der Waals surface area (Å²) in [6.45, 7) is 2.25. The molecule has 1 fully saturated rings. The Labute approximate surface area is 68.5 Å². The van der Waals surface area contributed by atoms with E-state index in [1.165, 1.54) is 32.1 Å². The highest BCUT2D eigenvalue weighted by atomic mass is 29.2. The summed E-state index contributed by atoms with van der Waals surface area (Å²) in [6.07, 6.45) is 7.10. The molecule has 0 atom stereocenters. The monoisotopic (exact) mass is 169 g/mol. The van der Waals surface area contributed by atoms with Gasteiger partial charge >= 0.3 is 0 Å². The van der Waals surface area contributed by atoms with E-state index in [1.807, 2.05) is 0 Å². The topological polar surface area (TPSA) is 12.0 Å². The van der Waals surface area contributed by atoms with Crippen LogP contribution in [-0.2, 0) is 0 Å². The lowest BCUT2D eigenvalue weighted by molar-refractivity contribution is 0.418. The molecule has 1 aliphatic carbocycles. The number of hydrogen-bond acceptors (Lipinski definition) is 1. The Morgan fingerprint density at radius 3 is 2.40 bits per heavy atom. The second-order valence-corrected chi connectivity index (χ2v) is 6.89. The van der Waals surface area contributed by atoms with E-state index < -0.39 is 0 Å². The lowest BCUT2D eigenvalue weighted by Crippen LogP contribution is -2.41. The van der Waals surface area contributed by atoms with Crippen molar-refractivity contribution in [2.45, 2.75) is 44.7 Å². The smallest absolute Gasteiger partial charge is 0.108 e. The summed E-state index contributed by atoms with van der Waals surface area (Å²) < 4.78 is 0. The van der Waals surface area contributed by atoms with E-state index in [0.29, 0.717) is 0 Å². The van der Waals surface area contributed by atoms with Crippen molar-refractivity contribution >= 4 is 18.2 Å². The molecule has 0 aromatic heterocycles. The molecule has 0 saturated heterocycles. The maximum atomic E-state index is 3.65. The number of hydrogen-bond donors (Lipinski definition) is 1. The van der Waals surface area contributed by atoms with Gasteiger partial charge in [-0.25, -0.2) is 0 Å². The van der Waals surface area contributed by atoms with E-state index in [0.717, 1.165) is 6.04 Å². The summed E-state index contributed by atoms with van der Waals surface area (Å²) in [5, 5.41) is 0. The van der Waals surface area contributed by atoms with Crippen LogP contribution in [0.4, 0.5) is 0 Å². The zero-order valence-corrected chi connectivity index (χ0v) is 8.61. The van der Waals surface area contributed by atoms with E-state index in [9.17, 15) is 0 Å². The van der Waals surface area contributed by atoms with Crippen LogP contribution in [0.3, 0.4) is 0 Å². The Morgan fingerprint density at radius 2 is 1.90 bits per heavy atom. The fraction of sp³-hybridized carbons (Fsp3) is 1.00. The van der Waals surface area contributed by atoms with Crippen LogP contribution in [0.2, 0.25) is 6.55 Å². The SMILES string of the molecule is C[Si]([Si])NC1CCCCC1. The largest absolute Gasteiger partial charge is 0.338 e. The molecule has 1 aliphatic rings. The van der Waals surface area contributed by atoms with Crippen LogP contribution in [0.5, 0.6) is 0 Å². The normalized spacial score (nSPS) is 21.9. The molecule has 3 heteroatoms. The maximum absolute atomic E-state index is 3.65. The molecule has 0 aromatic rings. The van der Waals surface area contributed by atoms with Gasteiger partial charge in [-0.15, -0.1) is 0 Å². The summed E-state index contributed by atoms with van der Waals surface area (Å²) in [5.41, 5.74) is 0. The third-order valence-corrected chi connectivity index (χ3v) is 3.30. The lowest BCUT2D eigenvalue weighted by atomic mass is 9.96. The Bertz CT molecular complexity index is 89.6. The third kappa shape index (κ3) is 2.99. The second kappa shape index (κ2) is 4.31. The zero-order chi connectivity index (χ0) is 7.40. The van der Waals surface area contributed by atoms with Crippen LogP contribution >= 0.6 is 0 Å². The van der Waals surface area contributed by atoms with E-state index in [2.05, 4.69) is 21.3 Å². The molecule has 1 N–H and O–H groups in total. The van der Waals surface area contributed by atoms with Crippen LogP contribution in [0, 0.1) is 0 Å². The Morgan fingerprint density at radius 1 is 1.30 bits per heavy atom. The summed E-state index contributed by atoms with van der Waals surface area (Å²) in [7, 11) is 3.27. The Kier molecular flexibility index (Phi) is 3.66. The van der Waals surface area contributed by atoms with Crippen LogP contribution in [0.1, 0.15) is 32.1 Å². The van der Waals surface area contributed by atoms with Gasteiger partial charge in [-0.2, -0.15) is 0 Å². The Hall–Kier alpha value is 0.394.